The maximum Gasteiger partial charge on any atom is 0.338 e. The van der Waals surface area contributed by atoms with Crippen molar-refractivity contribution in [3.63, 3.8) is 0 Å². The fourth-order valence-electron chi connectivity index (χ4n) is 1.41. The van der Waals surface area contributed by atoms with Crippen molar-refractivity contribution in [2.24, 2.45) is 0 Å². The van der Waals surface area contributed by atoms with Crippen molar-refractivity contribution in [3.05, 3.63) is 35.8 Å². The van der Waals surface area contributed by atoms with Crippen molar-refractivity contribution in [1.29, 1.82) is 0 Å². The minimum Gasteiger partial charge on any atom is -0.465 e. The summed E-state index contributed by atoms with van der Waals surface area (Å²) >= 11 is 0. The number of carbonyl (C=O) groups excluding carboxylic acids is 1. The average Bonchev–Trinajstić information content (AvgIpc) is 2.62. The van der Waals surface area contributed by atoms with Crippen LogP contribution in [0.3, 0.4) is 0 Å². The van der Waals surface area contributed by atoms with Gasteiger partial charge < -0.3 is 9.72 Å². The molecule has 0 aliphatic rings. The predicted octanol–water partition coefficient (Wildman–Crippen LogP) is 2.09. The number of H-pyrrole nitrogens is 1. The van der Waals surface area contributed by atoms with Gasteiger partial charge in [0.05, 0.1) is 12.7 Å². The van der Waals surface area contributed by atoms with Crippen LogP contribution >= 0.6 is 0 Å². The van der Waals surface area contributed by atoms with Crippen LogP contribution in [0.25, 0.3) is 10.9 Å². The van der Waals surface area contributed by atoms with Gasteiger partial charge in [-0.2, -0.15) is 0 Å². The molecule has 2 aromatic rings. The molecule has 14 heavy (non-hydrogen) atoms. The Bertz CT molecular complexity index is 490. The number of nitrogens with one attached hydrogen (secondary N) is 1. The molecular formula is C10H8FNO2. The molecule has 1 aromatic carbocycles. The third kappa shape index (κ3) is 1.25. The van der Waals surface area contributed by atoms with Crippen LogP contribution in [0.2, 0.25) is 0 Å². The SMILES string of the molecule is COC(=O)c1cc(F)cc2[nH]ccc12. The minimum absolute atomic E-state index is 0.240. The molecule has 0 spiro atoms. The lowest BCUT2D eigenvalue weighted by molar-refractivity contribution is 0.0602. The summed E-state index contributed by atoms with van der Waals surface area (Å²) in [6.45, 7) is 0. The van der Waals surface area contributed by atoms with Crippen molar-refractivity contribution < 1.29 is 13.9 Å². The smallest absolute Gasteiger partial charge is 0.338 e. The Kier molecular flexibility index (Phi) is 1.96. The normalized spacial score (nSPS) is 10.4. The number of methoxy groups -OCH3 is 1. The van der Waals surface area contributed by atoms with E-state index >= 15 is 0 Å². The number of hydrogen-bond acceptors (Lipinski definition) is 2. The van der Waals surface area contributed by atoms with Crippen LogP contribution < -0.4 is 0 Å². The summed E-state index contributed by atoms with van der Waals surface area (Å²) in [5, 5.41) is 0.665. The van der Waals surface area contributed by atoms with E-state index < -0.39 is 11.8 Å². The lowest BCUT2D eigenvalue weighted by Gasteiger charge is -2.01. The first kappa shape index (κ1) is 8.74. The van der Waals surface area contributed by atoms with Crippen LogP contribution in [-0.2, 0) is 4.74 Å². The number of aromatic nitrogens is 1. The second-order valence-corrected chi connectivity index (χ2v) is 2.88. The number of hydrogen-bond donors (Lipinski definition) is 1. The zero-order valence-electron chi connectivity index (χ0n) is 7.50. The van der Waals surface area contributed by atoms with Crippen LogP contribution in [0, 0.1) is 5.82 Å². The Morgan fingerprint density at radius 1 is 1.50 bits per heavy atom. The maximum absolute atomic E-state index is 13.0. The van der Waals surface area contributed by atoms with Crippen molar-refractivity contribution in [3.8, 4) is 0 Å². The Balaban J connectivity index is 2.72. The quantitative estimate of drug-likeness (QED) is 0.704. The van der Waals surface area contributed by atoms with E-state index in [4.69, 9.17) is 0 Å². The van der Waals surface area contributed by atoms with Gasteiger partial charge >= 0.3 is 5.97 Å². The Morgan fingerprint density at radius 2 is 2.29 bits per heavy atom. The van der Waals surface area contributed by atoms with E-state index in [1.807, 2.05) is 0 Å². The van der Waals surface area contributed by atoms with Gasteiger partial charge in [-0.05, 0) is 18.2 Å². The zero-order valence-corrected chi connectivity index (χ0v) is 7.50. The Labute approximate surface area is 79.5 Å². The summed E-state index contributed by atoms with van der Waals surface area (Å²) in [5.74, 6) is -0.991. The highest BCUT2D eigenvalue weighted by Gasteiger charge is 2.12. The van der Waals surface area contributed by atoms with Gasteiger partial charge in [-0.25, -0.2) is 9.18 Å². The molecule has 0 aliphatic carbocycles. The number of ether oxygens (including phenoxy) is 1. The van der Waals surface area contributed by atoms with E-state index in [2.05, 4.69) is 9.72 Å². The van der Waals surface area contributed by atoms with Crippen molar-refractivity contribution in [2.45, 2.75) is 0 Å². The number of rotatable bonds is 1. The van der Waals surface area contributed by atoms with Gasteiger partial charge in [-0.3, -0.25) is 0 Å². The second-order valence-electron chi connectivity index (χ2n) is 2.88. The van der Waals surface area contributed by atoms with E-state index in [1.54, 1.807) is 12.3 Å². The standard InChI is InChI=1S/C10H8FNO2/c1-14-10(13)8-4-6(11)5-9-7(8)2-3-12-9/h2-5,12H,1H3. The second kappa shape index (κ2) is 3.14. The van der Waals surface area contributed by atoms with Gasteiger partial charge in [0.25, 0.3) is 0 Å². The fraction of sp³-hybridized carbons (Fsp3) is 0.100. The zero-order chi connectivity index (χ0) is 10.1. The molecule has 4 heteroatoms. The first-order valence-electron chi connectivity index (χ1n) is 4.07. The van der Waals surface area contributed by atoms with Gasteiger partial charge in [-0.1, -0.05) is 0 Å². The summed E-state index contributed by atoms with van der Waals surface area (Å²) in [7, 11) is 1.27. The van der Waals surface area contributed by atoms with E-state index in [-0.39, 0.29) is 5.56 Å². The summed E-state index contributed by atoms with van der Waals surface area (Å²) in [5.41, 5.74) is 0.828. The molecule has 3 nitrogen and oxygen atoms in total. The predicted molar refractivity (Wildman–Crippen MR) is 49.6 cm³/mol. The molecule has 0 aliphatic heterocycles. The minimum atomic E-state index is -0.533. The van der Waals surface area contributed by atoms with Gasteiger partial charge in [0.2, 0.25) is 0 Å². The summed E-state index contributed by atoms with van der Waals surface area (Å²) in [6, 6.07) is 4.21. The summed E-state index contributed by atoms with van der Waals surface area (Å²) < 4.78 is 17.6. The van der Waals surface area contributed by atoms with Gasteiger partial charge in [-0.15, -0.1) is 0 Å². The molecule has 0 atom stereocenters. The van der Waals surface area contributed by atoms with Gasteiger partial charge in [0.1, 0.15) is 5.82 Å². The molecule has 1 N–H and O–H groups in total. The van der Waals surface area contributed by atoms with Gasteiger partial charge in [0.15, 0.2) is 0 Å². The highest BCUT2D eigenvalue weighted by atomic mass is 19.1. The molecule has 0 fully saturated rings. The van der Waals surface area contributed by atoms with Crippen LogP contribution in [0.15, 0.2) is 24.4 Å². The van der Waals surface area contributed by atoms with Crippen LogP contribution in [0.4, 0.5) is 4.39 Å². The van der Waals surface area contributed by atoms with Crippen LogP contribution in [0.5, 0.6) is 0 Å². The first-order chi connectivity index (χ1) is 6.72. The van der Waals surface area contributed by atoms with E-state index in [1.165, 1.54) is 19.2 Å². The topological polar surface area (TPSA) is 42.1 Å². The number of aromatic amines is 1. The molecule has 1 aromatic heterocycles. The van der Waals surface area contributed by atoms with Gasteiger partial charge in [0, 0.05) is 17.1 Å². The van der Waals surface area contributed by atoms with Crippen molar-refractivity contribution >= 4 is 16.9 Å². The number of benzene rings is 1. The Hall–Kier alpha value is -1.84. The van der Waals surface area contributed by atoms with E-state index in [0.29, 0.717) is 10.9 Å². The third-order valence-electron chi connectivity index (χ3n) is 2.04. The molecule has 0 radical (unpaired) electrons. The monoisotopic (exact) mass is 193 g/mol. The summed E-state index contributed by atoms with van der Waals surface area (Å²) in [4.78, 5) is 14.1. The van der Waals surface area contributed by atoms with Crippen molar-refractivity contribution in [1.82, 2.24) is 4.98 Å². The highest BCUT2D eigenvalue weighted by molar-refractivity contribution is 6.03. The molecule has 0 bridgehead atoms. The molecular weight excluding hydrogens is 185 g/mol. The fourth-order valence-corrected chi connectivity index (χ4v) is 1.41. The first-order valence-corrected chi connectivity index (χ1v) is 4.07. The number of carbonyl (C=O) groups is 1. The average molecular weight is 193 g/mol. The lowest BCUT2D eigenvalue weighted by atomic mass is 10.1. The number of fused-ring (bicyclic) bond motifs is 1. The highest BCUT2D eigenvalue weighted by Crippen LogP contribution is 2.20. The number of halogens is 1. The molecule has 0 unspecified atom stereocenters. The van der Waals surface area contributed by atoms with E-state index in [9.17, 15) is 9.18 Å². The summed E-state index contributed by atoms with van der Waals surface area (Å²) in [6.07, 6.45) is 1.65. The maximum atomic E-state index is 13.0. The molecule has 0 saturated heterocycles. The molecule has 2 rings (SSSR count). The lowest BCUT2D eigenvalue weighted by Crippen LogP contribution is -2.02. The Morgan fingerprint density at radius 3 is 3.00 bits per heavy atom. The van der Waals surface area contributed by atoms with Crippen LogP contribution in [-0.4, -0.2) is 18.1 Å². The molecule has 0 saturated carbocycles. The third-order valence-corrected chi connectivity index (χ3v) is 2.04. The molecule has 1 heterocycles. The largest absolute Gasteiger partial charge is 0.465 e. The van der Waals surface area contributed by atoms with E-state index in [0.717, 1.165) is 0 Å². The van der Waals surface area contributed by atoms with Crippen molar-refractivity contribution in [2.75, 3.05) is 7.11 Å². The number of esters is 1. The molecule has 72 valence electrons. The van der Waals surface area contributed by atoms with Crippen LogP contribution in [0.1, 0.15) is 10.4 Å². The molecule has 0 amide bonds.